The number of carbonyl (C=O) groups excluding carboxylic acids is 1. The first kappa shape index (κ1) is 22.5. The van der Waals surface area contributed by atoms with Gasteiger partial charge in [-0.1, -0.05) is 36.4 Å². The maximum atomic E-state index is 13.5. The smallest absolute Gasteiger partial charge is 0.273 e. The molecule has 1 saturated heterocycles. The molecule has 0 spiro atoms. The van der Waals surface area contributed by atoms with Crippen LogP contribution in [-0.4, -0.2) is 58.7 Å². The summed E-state index contributed by atoms with van der Waals surface area (Å²) in [6, 6.07) is 10.8. The van der Waals surface area contributed by atoms with Gasteiger partial charge in [-0.15, -0.1) is 0 Å². The van der Waals surface area contributed by atoms with Crippen LogP contribution < -0.4 is 4.74 Å². The van der Waals surface area contributed by atoms with Crippen LogP contribution in [0.25, 0.3) is 11.3 Å². The van der Waals surface area contributed by atoms with E-state index in [0.29, 0.717) is 40.6 Å². The Bertz CT molecular complexity index is 1380. The monoisotopic (exact) mass is 499 g/mol. The van der Waals surface area contributed by atoms with Crippen LogP contribution in [0.15, 0.2) is 55.1 Å². The Kier molecular flexibility index (Phi) is 5.61. The number of rotatable bonds is 6. The van der Waals surface area contributed by atoms with Crippen molar-refractivity contribution in [2.24, 2.45) is 0 Å². The van der Waals surface area contributed by atoms with E-state index < -0.39 is 21.9 Å². The van der Waals surface area contributed by atoms with Crippen LogP contribution in [0.1, 0.15) is 34.1 Å². The molecule has 5 rings (SSSR count). The van der Waals surface area contributed by atoms with Gasteiger partial charge in [0.05, 0.1) is 17.5 Å². The van der Waals surface area contributed by atoms with Gasteiger partial charge in [0.1, 0.15) is 29.5 Å². The maximum absolute atomic E-state index is 13.5. The van der Waals surface area contributed by atoms with Gasteiger partial charge in [-0.25, -0.2) is 8.42 Å². The van der Waals surface area contributed by atoms with E-state index >= 15 is 0 Å². The first-order valence-corrected chi connectivity index (χ1v) is 12.9. The number of sulfone groups is 1. The molecule has 1 aromatic heterocycles. The van der Waals surface area contributed by atoms with Crippen LogP contribution in [0.2, 0.25) is 5.02 Å². The van der Waals surface area contributed by atoms with Gasteiger partial charge in [0.15, 0.2) is 9.84 Å². The second-order valence-electron chi connectivity index (χ2n) is 8.36. The molecular weight excluding hydrogens is 478 g/mol. The fraction of sp³-hybridized carbons (Fsp3) is 0.250. The highest BCUT2D eigenvalue weighted by Crippen LogP contribution is 2.47. The minimum atomic E-state index is -3.23. The molecule has 10 heteroatoms. The predicted octanol–water partition coefficient (Wildman–Crippen LogP) is 3.73. The van der Waals surface area contributed by atoms with Gasteiger partial charge in [-0.3, -0.25) is 9.89 Å². The molecular formula is C24H22ClN3O5S. The van der Waals surface area contributed by atoms with Crippen molar-refractivity contribution in [3.63, 3.8) is 0 Å². The third kappa shape index (κ3) is 3.84. The molecule has 3 aromatic rings. The summed E-state index contributed by atoms with van der Waals surface area (Å²) >= 11 is 6.18. The average molecular weight is 500 g/mol. The lowest BCUT2D eigenvalue weighted by atomic mass is 9.95. The Morgan fingerprint density at radius 1 is 1.26 bits per heavy atom. The van der Waals surface area contributed by atoms with Crippen molar-refractivity contribution in [1.82, 2.24) is 15.1 Å². The molecule has 2 N–H and O–H groups in total. The molecule has 2 unspecified atom stereocenters. The number of amides is 1. The van der Waals surface area contributed by atoms with Gasteiger partial charge < -0.3 is 14.7 Å². The number of carbonyl (C=O) groups is 1. The van der Waals surface area contributed by atoms with Crippen molar-refractivity contribution in [1.29, 1.82) is 0 Å². The van der Waals surface area contributed by atoms with E-state index in [4.69, 9.17) is 16.3 Å². The number of nitrogens with zero attached hydrogens (tertiary/aromatic N) is 2. The fourth-order valence-corrected chi connectivity index (χ4v) is 6.55. The normalized spacial score (nSPS) is 21.0. The number of aromatic hydroxyl groups is 1. The molecule has 2 aliphatic rings. The van der Waals surface area contributed by atoms with Crippen molar-refractivity contribution in [3.05, 3.63) is 77.0 Å². The minimum Gasteiger partial charge on any atom is -0.507 e. The van der Waals surface area contributed by atoms with Crippen LogP contribution in [0.5, 0.6) is 11.5 Å². The number of benzene rings is 2. The zero-order valence-electron chi connectivity index (χ0n) is 18.1. The SMILES string of the molecule is C=CCOc1ccc(C2c3c(-c4cc(Cl)ccc4O)n[nH]c3C(=O)N2C2CCS(=O)(=O)C2)cc1. The number of H-pyrrole nitrogens is 1. The number of ether oxygens (including phenoxy) is 1. The molecule has 0 radical (unpaired) electrons. The van der Waals surface area contributed by atoms with E-state index in [1.807, 2.05) is 12.1 Å². The molecule has 2 aliphatic heterocycles. The van der Waals surface area contributed by atoms with E-state index in [9.17, 15) is 18.3 Å². The molecule has 1 fully saturated rings. The largest absolute Gasteiger partial charge is 0.507 e. The molecule has 8 nitrogen and oxygen atoms in total. The summed E-state index contributed by atoms with van der Waals surface area (Å²) in [5, 5.41) is 18.1. The van der Waals surface area contributed by atoms with Crippen molar-refractivity contribution in [2.45, 2.75) is 18.5 Å². The highest BCUT2D eigenvalue weighted by Gasteiger charge is 2.48. The second kappa shape index (κ2) is 8.48. The van der Waals surface area contributed by atoms with Crippen molar-refractivity contribution in [2.75, 3.05) is 18.1 Å². The van der Waals surface area contributed by atoms with Crippen molar-refractivity contribution >= 4 is 27.3 Å². The van der Waals surface area contributed by atoms with Gasteiger partial charge in [0, 0.05) is 22.2 Å². The quantitative estimate of drug-likeness (QED) is 0.500. The van der Waals surface area contributed by atoms with Gasteiger partial charge in [-0.2, -0.15) is 5.10 Å². The third-order valence-corrected chi connectivity index (χ3v) is 8.17. The van der Waals surface area contributed by atoms with Gasteiger partial charge in [0.25, 0.3) is 5.91 Å². The van der Waals surface area contributed by atoms with Crippen LogP contribution in [-0.2, 0) is 9.84 Å². The molecule has 176 valence electrons. The number of fused-ring (bicyclic) bond motifs is 1. The van der Waals surface area contributed by atoms with Gasteiger partial charge >= 0.3 is 0 Å². The van der Waals surface area contributed by atoms with E-state index in [-0.39, 0.29) is 28.9 Å². The number of aromatic amines is 1. The molecule has 0 saturated carbocycles. The number of halogens is 1. The van der Waals surface area contributed by atoms with Crippen molar-refractivity contribution < 1.29 is 23.1 Å². The Balaban J connectivity index is 1.64. The molecule has 0 bridgehead atoms. The van der Waals surface area contributed by atoms with Crippen LogP contribution in [0.3, 0.4) is 0 Å². The minimum absolute atomic E-state index is 0.0278. The number of phenols is 1. The van der Waals surface area contributed by atoms with Crippen LogP contribution >= 0.6 is 11.6 Å². The lowest BCUT2D eigenvalue weighted by Gasteiger charge is -2.31. The summed E-state index contributed by atoms with van der Waals surface area (Å²) in [4.78, 5) is 15.1. The third-order valence-electron chi connectivity index (χ3n) is 6.18. The Morgan fingerprint density at radius 3 is 2.71 bits per heavy atom. The molecule has 0 aliphatic carbocycles. The number of aromatic nitrogens is 2. The fourth-order valence-electron chi connectivity index (χ4n) is 4.67. The average Bonchev–Trinajstić information content (AvgIpc) is 3.47. The van der Waals surface area contributed by atoms with E-state index in [1.165, 1.54) is 6.07 Å². The van der Waals surface area contributed by atoms with Crippen molar-refractivity contribution in [3.8, 4) is 22.8 Å². The number of phenolic OH excluding ortho intramolecular Hbond substituents is 1. The Morgan fingerprint density at radius 2 is 2.03 bits per heavy atom. The molecule has 3 heterocycles. The van der Waals surface area contributed by atoms with Gasteiger partial charge in [-0.05, 0) is 42.3 Å². The summed E-state index contributed by atoms with van der Waals surface area (Å²) < 4.78 is 30.1. The first-order chi connectivity index (χ1) is 16.3. The number of hydrogen-bond acceptors (Lipinski definition) is 6. The molecule has 2 aromatic carbocycles. The van der Waals surface area contributed by atoms with E-state index in [0.717, 1.165) is 5.56 Å². The van der Waals surface area contributed by atoms with E-state index in [1.54, 1.807) is 35.2 Å². The predicted molar refractivity (Wildman–Crippen MR) is 128 cm³/mol. The maximum Gasteiger partial charge on any atom is 0.273 e. The highest BCUT2D eigenvalue weighted by molar-refractivity contribution is 7.91. The van der Waals surface area contributed by atoms with Crippen LogP contribution in [0, 0.1) is 0 Å². The number of nitrogens with one attached hydrogen (secondary N) is 1. The Labute approximate surface area is 201 Å². The standard InChI is InChI=1S/C24H22ClN3O5S/c1-2-10-33-17-6-3-14(4-7-17)23-20-21(18-12-15(25)5-8-19(18)29)26-27-22(20)24(30)28(23)16-9-11-34(31,32)13-16/h2-8,12,16,23,29H,1,9-11,13H2,(H,26,27). The number of hydrogen-bond donors (Lipinski definition) is 2. The van der Waals surface area contributed by atoms with E-state index in [2.05, 4.69) is 16.8 Å². The zero-order valence-corrected chi connectivity index (χ0v) is 19.6. The summed E-state index contributed by atoms with van der Waals surface area (Å²) in [5.41, 5.74) is 2.40. The molecule has 1 amide bonds. The zero-order chi connectivity index (χ0) is 24.0. The summed E-state index contributed by atoms with van der Waals surface area (Å²) in [7, 11) is -3.23. The Hall–Kier alpha value is -3.30. The topological polar surface area (TPSA) is 113 Å². The second-order valence-corrected chi connectivity index (χ2v) is 11.0. The van der Waals surface area contributed by atoms with Gasteiger partial charge in [0.2, 0.25) is 0 Å². The summed E-state index contributed by atoms with van der Waals surface area (Å²) in [6.07, 6.45) is 2.01. The summed E-state index contributed by atoms with van der Waals surface area (Å²) in [5.74, 6) is 0.236. The summed E-state index contributed by atoms with van der Waals surface area (Å²) in [6.45, 7) is 4.00. The molecule has 2 atom stereocenters. The lowest BCUT2D eigenvalue weighted by Crippen LogP contribution is -2.40. The first-order valence-electron chi connectivity index (χ1n) is 10.7. The molecule has 34 heavy (non-hydrogen) atoms. The highest BCUT2D eigenvalue weighted by atomic mass is 35.5. The lowest BCUT2D eigenvalue weighted by molar-refractivity contribution is 0.0677. The van der Waals surface area contributed by atoms with Crippen LogP contribution in [0.4, 0.5) is 0 Å².